The Balaban J connectivity index is 0.00000162. The number of halogens is 4. The molecule has 0 amide bonds. The summed E-state index contributed by atoms with van der Waals surface area (Å²) in [6.45, 7) is 0. The second-order valence-corrected chi connectivity index (χ2v) is 3.56. The second kappa shape index (κ2) is 5.18. The van der Waals surface area contributed by atoms with E-state index in [9.17, 15) is 17.6 Å². The molecular formula is C13H10F4O. The first kappa shape index (κ1) is 14.2. The van der Waals surface area contributed by atoms with Crippen molar-refractivity contribution >= 4 is 0 Å². The first-order valence-electron chi connectivity index (χ1n) is 4.90. The highest BCUT2D eigenvalue weighted by atomic mass is 19.4. The van der Waals surface area contributed by atoms with Crippen molar-refractivity contribution in [2.24, 2.45) is 0 Å². The van der Waals surface area contributed by atoms with Crippen molar-refractivity contribution in [3.8, 4) is 11.1 Å². The summed E-state index contributed by atoms with van der Waals surface area (Å²) in [6, 6.07) is 11.0. The van der Waals surface area contributed by atoms with Crippen molar-refractivity contribution in [3.05, 3.63) is 59.9 Å². The monoisotopic (exact) mass is 258 g/mol. The molecule has 0 heterocycles. The number of rotatable bonds is 1. The summed E-state index contributed by atoms with van der Waals surface area (Å²) in [5.74, 6) is -0.869. The molecule has 2 rings (SSSR count). The third-order valence-electron chi connectivity index (χ3n) is 2.38. The summed E-state index contributed by atoms with van der Waals surface area (Å²) in [5, 5.41) is 0. The van der Waals surface area contributed by atoms with Gasteiger partial charge < -0.3 is 5.48 Å². The Morgan fingerprint density at radius 2 is 1.44 bits per heavy atom. The summed E-state index contributed by atoms with van der Waals surface area (Å²) < 4.78 is 50.6. The van der Waals surface area contributed by atoms with Gasteiger partial charge in [-0.15, -0.1) is 0 Å². The number of hydrogen-bond acceptors (Lipinski definition) is 0. The van der Waals surface area contributed by atoms with E-state index in [1.54, 1.807) is 30.3 Å². The van der Waals surface area contributed by atoms with Crippen LogP contribution in [0, 0.1) is 5.82 Å². The number of benzene rings is 2. The summed E-state index contributed by atoms with van der Waals surface area (Å²) in [5.41, 5.74) is -0.257. The van der Waals surface area contributed by atoms with Crippen LogP contribution in [0.5, 0.6) is 0 Å². The molecule has 2 aromatic carbocycles. The van der Waals surface area contributed by atoms with Gasteiger partial charge in [0.25, 0.3) is 0 Å². The van der Waals surface area contributed by atoms with Crippen LogP contribution in [0.15, 0.2) is 48.5 Å². The van der Waals surface area contributed by atoms with E-state index in [2.05, 4.69) is 0 Å². The van der Waals surface area contributed by atoms with E-state index in [1.807, 2.05) is 0 Å². The Morgan fingerprint density at radius 1 is 0.833 bits per heavy atom. The van der Waals surface area contributed by atoms with Crippen molar-refractivity contribution in [1.82, 2.24) is 0 Å². The fraction of sp³-hybridized carbons (Fsp3) is 0.0769. The smallest absolute Gasteiger partial charge is 0.412 e. The van der Waals surface area contributed by atoms with Crippen LogP contribution in [0.2, 0.25) is 0 Å². The van der Waals surface area contributed by atoms with Gasteiger partial charge in [-0.05, 0) is 17.7 Å². The van der Waals surface area contributed by atoms with E-state index >= 15 is 0 Å². The molecule has 0 bridgehead atoms. The quantitative estimate of drug-likeness (QED) is 0.699. The SMILES string of the molecule is Fc1cc(C(F)(F)F)ccc1-c1ccccc1.O. The molecule has 18 heavy (non-hydrogen) atoms. The van der Waals surface area contributed by atoms with Crippen LogP contribution in [0.3, 0.4) is 0 Å². The highest BCUT2D eigenvalue weighted by Gasteiger charge is 2.31. The molecule has 0 atom stereocenters. The van der Waals surface area contributed by atoms with Crippen LogP contribution >= 0.6 is 0 Å². The summed E-state index contributed by atoms with van der Waals surface area (Å²) in [7, 11) is 0. The largest absolute Gasteiger partial charge is 0.416 e. The van der Waals surface area contributed by atoms with Crippen LogP contribution in [0.4, 0.5) is 17.6 Å². The van der Waals surface area contributed by atoms with Crippen LogP contribution in [-0.2, 0) is 6.18 Å². The molecule has 5 heteroatoms. The third-order valence-corrected chi connectivity index (χ3v) is 2.38. The molecule has 0 radical (unpaired) electrons. The Hall–Kier alpha value is -1.88. The summed E-state index contributed by atoms with van der Waals surface area (Å²) in [6.07, 6.45) is -4.52. The molecule has 0 unspecified atom stereocenters. The van der Waals surface area contributed by atoms with Gasteiger partial charge in [0.1, 0.15) is 5.82 Å². The van der Waals surface area contributed by atoms with Gasteiger partial charge >= 0.3 is 6.18 Å². The second-order valence-electron chi connectivity index (χ2n) is 3.56. The average Bonchev–Trinajstić information content (AvgIpc) is 2.29. The zero-order valence-electron chi connectivity index (χ0n) is 9.13. The van der Waals surface area contributed by atoms with Crippen molar-refractivity contribution in [2.45, 2.75) is 6.18 Å². The van der Waals surface area contributed by atoms with Crippen LogP contribution in [0.1, 0.15) is 5.56 Å². The highest BCUT2D eigenvalue weighted by molar-refractivity contribution is 5.64. The molecule has 2 aromatic rings. The van der Waals surface area contributed by atoms with E-state index < -0.39 is 17.6 Å². The standard InChI is InChI=1S/C13H8F4.H2O/c14-12-8-10(13(15,16)17)6-7-11(12)9-4-2-1-3-5-9;/h1-8H;1H2. The van der Waals surface area contributed by atoms with E-state index in [0.717, 1.165) is 12.1 Å². The molecular weight excluding hydrogens is 248 g/mol. The predicted octanol–water partition coefficient (Wildman–Crippen LogP) is 3.69. The summed E-state index contributed by atoms with van der Waals surface area (Å²) in [4.78, 5) is 0. The predicted molar refractivity (Wildman–Crippen MR) is 60.5 cm³/mol. The lowest BCUT2D eigenvalue weighted by molar-refractivity contribution is -0.137. The minimum absolute atomic E-state index is 0. The van der Waals surface area contributed by atoms with Crippen LogP contribution in [0.25, 0.3) is 11.1 Å². The van der Waals surface area contributed by atoms with Gasteiger partial charge in [-0.3, -0.25) is 0 Å². The molecule has 0 aromatic heterocycles. The molecule has 0 saturated heterocycles. The third kappa shape index (κ3) is 2.87. The zero-order valence-corrected chi connectivity index (χ0v) is 9.13. The van der Waals surface area contributed by atoms with Gasteiger partial charge in [0.05, 0.1) is 5.56 Å². The molecule has 0 saturated carbocycles. The Kier molecular flexibility index (Phi) is 4.08. The van der Waals surface area contributed by atoms with Crippen molar-refractivity contribution in [1.29, 1.82) is 0 Å². The van der Waals surface area contributed by atoms with Gasteiger partial charge in [0.15, 0.2) is 0 Å². The lowest BCUT2D eigenvalue weighted by Gasteiger charge is -2.09. The topological polar surface area (TPSA) is 31.5 Å². The number of alkyl halides is 3. The van der Waals surface area contributed by atoms with E-state index in [0.29, 0.717) is 11.6 Å². The normalized spacial score (nSPS) is 10.9. The number of hydrogen-bond donors (Lipinski definition) is 0. The first-order chi connectivity index (χ1) is 7.98. The highest BCUT2D eigenvalue weighted by Crippen LogP contribution is 2.32. The average molecular weight is 258 g/mol. The summed E-state index contributed by atoms with van der Waals surface area (Å²) >= 11 is 0. The Bertz CT molecular complexity index is 520. The van der Waals surface area contributed by atoms with Gasteiger partial charge in [-0.25, -0.2) is 4.39 Å². The van der Waals surface area contributed by atoms with Crippen LogP contribution in [-0.4, -0.2) is 5.48 Å². The van der Waals surface area contributed by atoms with Gasteiger partial charge in [0, 0.05) is 5.56 Å². The minimum atomic E-state index is -4.52. The van der Waals surface area contributed by atoms with Gasteiger partial charge in [-0.1, -0.05) is 36.4 Å². The molecule has 1 nitrogen and oxygen atoms in total. The molecule has 0 aliphatic rings. The van der Waals surface area contributed by atoms with Crippen LogP contribution < -0.4 is 0 Å². The van der Waals surface area contributed by atoms with Gasteiger partial charge in [0.2, 0.25) is 0 Å². The minimum Gasteiger partial charge on any atom is -0.412 e. The lowest BCUT2D eigenvalue weighted by Crippen LogP contribution is -2.05. The maximum absolute atomic E-state index is 13.6. The fourth-order valence-corrected chi connectivity index (χ4v) is 1.54. The van der Waals surface area contributed by atoms with Crippen molar-refractivity contribution < 1.29 is 23.0 Å². The molecule has 0 aliphatic heterocycles. The Morgan fingerprint density at radius 3 is 1.94 bits per heavy atom. The fourth-order valence-electron chi connectivity index (χ4n) is 1.54. The molecule has 0 fully saturated rings. The molecule has 2 N–H and O–H groups in total. The molecule has 0 spiro atoms. The maximum atomic E-state index is 13.6. The van der Waals surface area contributed by atoms with E-state index in [1.165, 1.54) is 0 Å². The molecule has 96 valence electrons. The maximum Gasteiger partial charge on any atom is 0.416 e. The zero-order chi connectivity index (χ0) is 12.5. The Labute approximate surface area is 101 Å². The van der Waals surface area contributed by atoms with E-state index in [4.69, 9.17) is 0 Å². The van der Waals surface area contributed by atoms with E-state index in [-0.39, 0.29) is 11.0 Å². The van der Waals surface area contributed by atoms with Crippen molar-refractivity contribution in [3.63, 3.8) is 0 Å². The van der Waals surface area contributed by atoms with Gasteiger partial charge in [-0.2, -0.15) is 13.2 Å². The molecule has 0 aliphatic carbocycles. The first-order valence-corrected chi connectivity index (χ1v) is 4.90. The van der Waals surface area contributed by atoms with Crippen molar-refractivity contribution in [2.75, 3.05) is 0 Å². The lowest BCUT2D eigenvalue weighted by atomic mass is 10.0.